The highest BCUT2D eigenvalue weighted by molar-refractivity contribution is 7.99. The van der Waals surface area contributed by atoms with Crippen molar-refractivity contribution in [3.8, 4) is 0 Å². The number of ether oxygens (including phenoxy) is 1. The Bertz CT molecular complexity index is 838. The molecule has 134 valence electrons. The molecule has 0 spiro atoms. The van der Waals surface area contributed by atoms with Gasteiger partial charge in [-0.25, -0.2) is 4.98 Å². The topological polar surface area (TPSA) is 73.2 Å². The molecule has 1 aromatic carbocycles. The second kappa shape index (κ2) is 9.03. The molecule has 0 fully saturated rings. The van der Waals surface area contributed by atoms with Crippen LogP contribution in [0.25, 0.3) is 10.9 Å². The molecule has 0 unspecified atom stereocenters. The van der Waals surface area contributed by atoms with E-state index in [9.17, 15) is 9.59 Å². The number of aromatic nitrogens is 2. The summed E-state index contributed by atoms with van der Waals surface area (Å²) in [5.41, 5.74) is 0.341. The van der Waals surface area contributed by atoms with E-state index in [1.807, 2.05) is 6.92 Å². The zero-order valence-electron chi connectivity index (χ0n) is 14.1. The molecule has 6 nitrogen and oxygen atoms in total. The van der Waals surface area contributed by atoms with Gasteiger partial charge in [0.15, 0.2) is 5.16 Å². The molecular weight excluding hydrogens is 362 g/mol. The number of hydrogen-bond acceptors (Lipinski definition) is 5. The minimum Gasteiger partial charge on any atom is -0.383 e. The van der Waals surface area contributed by atoms with Gasteiger partial charge in [-0.15, -0.1) is 6.58 Å². The van der Waals surface area contributed by atoms with E-state index in [2.05, 4.69) is 16.9 Å². The van der Waals surface area contributed by atoms with Crippen LogP contribution in [-0.2, 0) is 16.1 Å². The Labute approximate surface area is 155 Å². The number of benzene rings is 1. The van der Waals surface area contributed by atoms with Crippen molar-refractivity contribution in [3.05, 3.63) is 46.2 Å². The summed E-state index contributed by atoms with van der Waals surface area (Å²) in [6.07, 6.45) is 1.62. The van der Waals surface area contributed by atoms with Gasteiger partial charge in [-0.05, 0) is 25.1 Å². The molecule has 2 aromatic rings. The molecule has 1 heterocycles. The Morgan fingerprint density at radius 1 is 1.56 bits per heavy atom. The van der Waals surface area contributed by atoms with Crippen molar-refractivity contribution in [1.29, 1.82) is 0 Å². The number of fused-ring (bicyclic) bond motifs is 1. The van der Waals surface area contributed by atoms with Gasteiger partial charge >= 0.3 is 0 Å². The first-order chi connectivity index (χ1) is 12.0. The molecule has 8 heteroatoms. The molecule has 2 rings (SSSR count). The predicted octanol–water partition coefficient (Wildman–Crippen LogP) is 2.48. The highest BCUT2D eigenvalue weighted by Crippen LogP contribution is 2.20. The number of rotatable bonds is 8. The molecule has 1 atom stereocenters. The second-order valence-electron chi connectivity index (χ2n) is 5.47. The van der Waals surface area contributed by atoms with Crippen LogP contribution in [0.15, 0.2) is 40.8 Å². The van der Waals surface area contributed by atoms with Crippen LogP contribution in [0.1, 0.15) is 6.92 Å². The van der Waals surface area contributed by atoms with Crippen LogP contribution in [0, 0.1) is 0 Å². The number of hydrogen-bond donors (Lipinski definition) is 1. The maximum Gasteiger partial charge on any atom is 0.262 e. The van der Waals surface area contributed by atoms with E-state index < -0.39 is 0 Å². The maximum absolute atomic E-state index is 12.7. The van der Waals surface area contributed by atoms with Gasteiger partial charge in [0.25, 0.3) is 5.56 Å². The lowest BCUT2D eigenvalue weighted by atomic mass is 10.2. The molecule has 1 N–H and O–H groups in total. The fourth-order valence-electron chi connectivity index (χ4n) is 2.31. The van der Waals surface area contributed by atoms with Crippen molar-refractivity contribution in [2.75, 3.05) is 19.5 Å². The van der Waals surface area contributed by atoms with Crippen LogP contribution in [-0.4, -0.2) is 41.0 Å². The van der Waals surface area contributed by atoms with Gasteiger partial charge in [-0.3, -0.25) is 14.2 Å². The lowest BCUT2D eigenvalue weighted by Gasteiger charge is -2.14. The van der Waals surface area contributed by atoms with E-state index in [0.29, 0.717) is 34.2 Å². The molecule has 25 heavy (non-hydrogen) atoms. The van der Waals surface area contributed by atoms with Crippen molar-refractivity contribution in [2.24, 2.45) is 0 Å². The number of carbonyl (C=O) groups is 1. The third kappa shape index (κ3) is 5.07. The van der Waals surface area contributed by atoms with E-state index in [1.54, 1.807) is 31.4 Å². The Kier molecular flexibility index (Phi) is 7.04. The molecule has 0 aliphatic heterocycles. The van der Waals surface area contributed by atoms with Crippen LogP contribution >= 0.6 is 23.4 Å². The summed E-state index contributed by atoms with van der Waals surface area (Å²) in [7, 11) is 1.58. The summed E-state index contributed by atoms with van der Waals surface area (Å²) in [6, 6.07) is 4.89. The standard InChI is InChI=1S/C17H20ClN3O3S/c1-4-7-21-16(23)13-8-12(18)5-6-14(13)20-17(21)25-10-15(22)19-11(2)9-24-3/h4-6,8,11H,1,7,9-10H2,2-3H3,(H,19,22)/t11-/m0/s1. The lowest BCUT2D eigenvalue weighted by molar-refractivity contribution is -0.119. The third-order valence-electron chi connectivity index (χ3n) is 3.35. The predicted molar refractivity (Wildman–Crippen MR) is 101 cm³/mol. The normalized spacial score (nSPS) is 12.1. The van der Waals surface area contributed by atoms with E-state index in [4.69, 9.17) is 16.3 Å². The summed E-state index contributed by atoms with van der Waals surface area (Å²) in [5.74, 6) is 0.00153. The average Bonchev–Trinajstić information content (AvgIpc) is 2.56. The highest BCUT2D eigenvalue weighted by Gasteiger charge is 2.14. The van der Waals surface area contributed by atoms with E-state index in [0.717, 1.165) is 0 Å². The molecule has 0 aliphatic rings. The molecule has 1 aromatic heterocycles. The summed E-state index contributed by atoms with van der Waals surface area (Å²) in [4.78, 5) is 29.2. The van der Waals surface area contributed by atoms with Gasteiger partial charge in [-0.2, -0.15) is 0 Å². The number of carbonyl (C=O) groups excluding carboxylic acids is 1. The largest absolute Gasteiger partial charge is 0.383 e. The van der Waals surface area contributed by atoms with Crippen LogP contribution in [0.4, 0.5) is 0 Å². The Balaban J connectivity index is 2.26. The number of nitrogens with one attached hydrogen (secondary N) is 1. The lowest BCUT2D eigenvalue weighted by Crippen LogP contribution is -2.36. The Hall–Kier alpha value is -1.83. The Morgan fingerprint density at radius 3 is 3.00 bits per heavy atom. The highest BCUT2D eigenvalue weighted by atomic mass is 35.5. The van der Waals surface area contributed by atoms with E-state index in [1.165, 1.54) is 16.3 Å². The van der Waals surface area contributed by atoms with Crippen LogP contribution in [0.3, 0.4) is 0 Å². The number of allylic oxidation sites excluding steroid dienone is 1. The molecule has 0 saturated heterocycles. The maximum atomic E-state index is 12.7. The van der Waals surface area contributed by atoms with Gasteiger partial charge in [0, 0.05) is 24.7 Å². The second-order valence-corrected chi connectivity index (χ2v) is 6.85. The summed E-state index contributed by atoms with van der Waals surface area (Å²) in [5, 5.41) is 4.21. The zero-order valence-corrected chi connectivity index (χ0v) is 15.7. The minimum absolute atomic E-state index is 0.0832. The van der Waals surface area contributed by atoms with Crippen molar-refractivity contribution in [1.82, 2.24) is 14.9 Å². The summed E-state index contributed by atoms with van der Waals surface area (Å²) in [6.45, 7) is 6.27. The number of thioether (sulfide) groups is 1. The van der Waals surface area contributed by atoms with Crippen LogP contribution in [0.2, 0.25) is 5.02 Å². The average molecular weight is 382 g/mol. The number of amides is 1. The van der Waals surface area contributed by atoms with E-state index >= 15 is 0 Å². The van der Waals surface area contributed by atoms with Crippen molar-refractivity contribution < 1.29 is 9.53 Å². The smallest absolute Gasteiger partial charge is 0.262 e. The van der Waals surface area contributed by atoms with Crippen molar-refractivity contribution in [2.45, 2.75) is 24.7 Å². The number of nitrogens with zero attached hydrogens (tertiary/aromatic N) is 2. The van der Waals surface area contributed by atoms with Crippen LogP contribution in [0.5, 0.6) is 0 Å². The molecule has 0 saturated carbocycles. The first kappa shape index (κ1) is 19.5. The zero-order chi connectivity index (χ0) is 18.4. The molecule has 0 radical (unpaired) electrons. The van der Waals surface area contributed by atoms with Crippen molar-refractivity contribution >= 4 is 40.2 Å². The fourth-order valence-corrected chi connectivity index (χ4v) is 3.30. The Morgan fingerprint density at radius 2 is 2.32 bits per heavy atom. The van der Waals surface area contributed by atoms with Crippen LogP contribution < -0.4 is 10.9 Å². The SMILES string of the molecule is C=CCn1c(SCC(=O)N[C@@H](C)COC)nc2ccc(Cl)cc2c1=O. The van der Waals surface area contributed by atoms with Gasteiger partial charge in [0.1, 0.15) is 0 Å². The third-order valence-corrected chi connectivity index (χ3v) is 4.56. The van der Waals surface area contributed by atoms with Gasteiger partial charge in [0.2, 0.25) is 5.91 Å². The summed E-state index contributed by atoms with van der Waals surface area (Å²) >= 11 is 7.18. The molecular formula is C17H20ClN3O3S. The first-order valence-electron chi connectivity index (χ1n) is 7.68. The molecule has 1 amide bonds. The molecule has 0 aliphatic carbocycles. The van der Waals surface area contributed by atoms with Gasteiger partial charge < -0.3 is 10.1 Å². The fraction of sp³-hybridized carbons (Fsp3) is 0.353. The number of halogens is 1. The minimum atomic E-state index is -0.206. The monoisotopic (exact) mass is 381 g/mol. The quantitative estimate of drug-likeness (QED) is 0.432. The van der Waals surface area contributed by atoms with Crippen molar-refractivity contribution in [3.63, 3.8) is 0 Å². The molecule has 0 bridgehead atoms. The van der Waals surface area contributed by atoms with E-state index in [-0.39, 0.29) is 23.3 Å². The first-order valence-corrected chi connectivity index (χ1v) is 9.04. The summed E-state index contributed by atoms with van der Waals surface area (Å²) < 4.78 is 6.48. The van der Waals surface area contributed by atoms with Gasteiger partial charge in [-0.1, -0.05) is 29.4 Å². The van der Waals surface area contributed by atoms with Gasteiger partial charge in [0.05, 0.1) is 23.3 Å². The number of methoxy groups -OCH3 is 1.